The molecule has 0 amide bonds. The molecule has 0 saturated heterocycles. The van der Waals surface area contributed by atoms with Gasteiger partial charge in [-0.1, -0.05) is 316 Å². The van der Waals surface area contributed by atoms with Crippen molar-refractivity contribution in [1.82, 2.24) is 0 Å². The van der Waals surface area contributed by atoms with E-state index in [2.05, 4.69) is 136 Å². The molecule has 456 valence electrons. The molecule has 6 nitrogen and oxygen atoms in total. The van der Waals surface area contributed by atoms with Crippen LogP contribution < -0.4 is 0 Å². The van der Waals surface area contributed by atoms with Crippen molar-refractivity contribution in [2.24, 2.45) is 0 Å². The molecule has 1 atom stereocenters. The fourth-order valence-electron chi connectivity index (χ4n) is 9.29. The summed E-state index contributed by atoms with van der Waals surface area (Å²) in [5, 5.41) is 0. The zero-order valence-electron chi connectivity index (χ0n) is 52.3. The monoisotopic (exact) mass is 1110 g/mol. The molecule has 0 bridgehead atoms. The van der Waals surface area contributed by atoms with Gasteiger partial charge in [0.15, 0.2) is 6.10 Å². The smallest absolute Gasteiger partial charge is 0.306 e. The lowest BCUT2D eigenvalue weighted by Crippen LogP contribution is -2.30. The Bertz CT molecular complexity index is 1650. The van der Waals surface area contributed by atoms with Crippen LogP contribution in [0.15, 0.2) is 122 Å². The van der Waals surface area contributed by atoms with E-state index in [9.17, 15) is 14.4 Å². The minimum absolute atomic E-state index is 0.107. The summed E-state index contributed by atoms with van der Waals surface area (Å²) in [5.41, 5.74) is 0. The predicted octanol–water partition coefficient (Wildman–Crippen LogP) is 23.2. The van der Waals surface area contributed by atoms with Crippen LogP contribution in [-0.4, -0.2) is 37.2 Å². The maximum atomic E-state index is 12.9. The number of allylic oxidation sites excluding steroid dienone is 20. The zero-order chi connectivity index (χ0) is 57.8. The molecule has 0 aromatic carbocycles. The van der Waals surface area contributed by atoms with E-state index in [1.54, 1.807) is 0 Å². The summed E-state index contributed by atoms with van der Waals surface area (Å²) in [5.74, 6) is -0.982. The first kappa shape index (κ1) is 75.8. The lowest BCUT2D eigenvalue weighted by atomic mass is 10.0. The van der Waals surface area contributed by atoms with Gasteiger partial charge < -0.3 is 14.2 Å². The Morgan fingerprint density at radius 1 is 0.263 bits per heavy atom. The van der Waals surface area contributed by atoms with Crippen molar-refractivity contribution < 1.29 is 28.6 Å². The van der Waals surface area contributed by atoms with Crippen LogP contribution in [0, 0.1) is 0 Å². The zero-order valence-corrected chi connectivity index (χ0v) is 52.3. The fraction of sp³-hybridized carbons (Fsp3) is 0.689. The van der Waals surface area contributed by atoms with Crippen molar-refractivity contribution in [2.45, 2.75) is 316 Å². The molecule has 80 heavy (non-hydrogen) atoms. The second kappa shape index (κ2) is 67.3. The van der Waals surface area contributed by atoms with Gasteiger partial charge in [0.25, 0.3) is 0 Å². The van der Waals surface area contributed by atoms with Crippen LogP contribution >= 0.6 is 0 Å². The molecule has 6 heteroatoms. The van der Waals surface area contributed by atoms with Crippen molar-refractivity contribution in [3.8, 4) is 0 Å². The second-order valence-corrected chi connectivity index (χ2v) is 22.0. The highest BCUT2D eigenvalue weighted by Gasteiger charge is 2.19. The van der Waals surface area contributed by atoms with Gasteiger partial charge in [0, 0.05) is 19.3 Å². The third-order valence-electron chi connectivity index (χ3n) is 14.2. The van der Waals surface area contributed by atoms with Crippen LogP contribution in [0.25, 0.3) is 0 Å². The van der Waals surface area contributed by atoms with Crippen LogP contribution in [0.1, 0.15) is 310 Å². The van der Waals surface area contributed by atoms with Crippen molar-refractivity contribution in [1.29, 1.82) is 0 Å². The first-order chi connectivity index (χ1) is 39.5. The minimum Gasteiger partial charge on any atom is -0.462 e. The normalized spacial score (nSPS) is 12.9. The van der Waals surface area contributed by atoms with Gasteiger partial charge in [-0.15, -0.1) is 0 Å². The SMILES string of the molecule is CC/C=C\C/C=C\C/C=C\C/C=C\C/C=C\C/C=C\CCC(=O)OC(COC(=O)CCCCCCCCCCCCCCCC/C=C\C/C=C\C/C=C\C/C=C\CC)COC(=O)CCCCCCCCCCCCCCCCCC. The van der Waals surface area contributed by atoms with Gasteiger partial charge in [-0.2, -0.15) is 0 Å². The molecular formula is C74H124O6. The number of esters is 3. The van der Waals surface area contributed by atoms with Gasteiger partial charge in [0.2, 0.25) is 0 Å². The Kier molecular flexibility index (Phi) is 63.8. The number of unbranched alkanes of at least 4 members (excludes halogenated alkanes) is 29. The largest absolute Gasteiger partial charge is 0.462 e. The maximum Gasteiger partial charge on any atom is 0.306 e. The van der Waals surface area contributed by atoms with Crippen LogP contribution in [0.5, 0.6) is 0 Å². The number of carbonyl (C=O) groups is 3. The Morgan fingerprint density at radius 2 is 0.512 bits per heavy atom. The number of rotatable bonds is 60. The molecule has 0 N–H and O–H groups in total. The Morgan fingerprint density at radius 3 is 0.812 bits per heavy atom. The summed E-state index contributed by atoms with van der Waals surface area (Å²) in [7, 11) is 0. The average Bonchev–Trinajstić information content (AvgIpc) is 3.46. The average molecular weight is 1110 g/mol. The summed E-state index contributed by atoms with van der Waals surface area (Å²) in [6.07, 6.45) is 93.7. The van der Waals surface area contributed by atoms with Gasteiger partial charge in [0.05, 0.1) is 0 Å². The van der Waals surface area contributed by atoms with Crippen LogP contribution in [-0.2, 0) is 28.6 Å². The third kappa shape index (κ3) is 64.6. The molecular weight excluding hydrogens is 985 g/mol. The van der Waals surface area contributed by atoms with Crippen LogP contribution in [0.2, 0.25) is 0 Å². The van der Waals surface area contributed by atoms with Crippen molar-refractivity contribution >= 4 is 17.9 Å². The topological polar surface area (TPSA) is 78.9 Å². The minimum atomic E-state index is -0.821. The maximum absolute atomic E-state index is 12.9. The van der Waals surface area contributed by atoms with E-state index in [1.165, 1.54) is 161 Å². The molecule has 0 spiro atoms. The summed E-state index contributed by atoms with van der Waals surface area (Å²) < 4.78 is 16.9. The van der Waals surface area contributed by atoms with E-state index in [1.807, 2.05) is 6.08 Å². The van der Waals surface area contributed by atoms with E-state index in [0.29, 0.717) is 19.3 Å². The number of hydrogen-bond donors (Lipinski definition) is 0. The summed E-state index contributed by atoms with van der Waals surface area (Å²) in [6.45, 7) is 6.38. The molecule has 0 saturated carbocycles. The van der Waals surface area contributed by atoms with Crippen LogP contribution in [0.4, 0.5) is 0 Å². The lowest BCUT2D eigenvalue weighted by Gasteiger charge is -2.18. The predicted molar refractivity (Wildman–Crippen MR) is 348 cm³/mol. The number of carbonyl (C=O) groups excluding carboxylic acids is 3. The summed E-state index contributed by atoms with van der Waals surface area (Å²) >= 11 is 0. The van der Waals surface area contributed by atoms with Gasteiger partial charge in [-0.05, 0) is 96.3 Å². The molecule has 0 aliphatic carbocycles. The molecule has 0 aliphatic heterocycles. The van der Waals surface area contributed by atoms with Crippen molar-refractivity contribution in [3.05, 3.63) is 122 Å². The molecule has 0 aromatic heterocycles. The standard InChI is InChI=1S/C74H124O6/c1-4-7-10-13-16-19-22-25-28-31-33-34-35-36-37-38-39-40-42-43-46-49-52-55-58-61-64-67-73(76)79-70-71(69-78-72(75)66-63-60-57-54-51-48-45-30-27-24-21-18-15-12-9-6-3)80-74(77)68-65-62-59-56-53-50-47-44-41-32-29-26-23-20-17-14-11-8-5-2/h7-8,10-11,16-17,19-20,25-26,28-29,33-34,41,44,50,53,59,62,71H,4-6,9,12-15,18,21-24,27,30-32,35-40,42-43,45-49,51-52,54-58,60-61,63-70H2,1-3H3/b10-7-,11-8-,19-16-,20-17-,28-25-,29-26-,34-33-,44-41-,53-50-,62-59-. The number of hydrogen-bond acceptors (Lipinski definition) is 6. The molecule has 0 rings (SSSR count). The van der Waals surface area contributed by atoms with Gasteiger partial charge in [0.1, 0.15) is 13.2 Å². The highest BCUT2D eigenvalue weighted by atomic mass is 16.6. The highest BCUT2D eigenvalue weighted by Crippen LogP contribution is 2.17. The Labute approximate surface area is 494 Å². The van der Waals surface area contributed by atoms with Gasteiger partial charge in [-0.3, -0.25) is 14.4 Å². The highest BCUT2D eigenvalue weighted by molar-refractivity contribution is 5.71. The van der Waals surface area contributed by atoms with E-state index in [4.69, 9.17) is 14.2 Å². The molecule has 0 heterocycles. The van der Waals surface area contributed by atoms with E-state index in [0.717, 1.165) is 103 Å². The second-order valence-electron chi connectivity index (χ2n) is 22.0. The van der Waals surface area contributed by atoms with Gasteiger partial charge >= 0.3 is 17.9 Å². The summed E-state index contributed by atoms with van der Waals surface area (Å²) in [6, 6.07) is 0. The van der Waals surface area contributed by atoms with Gasteiger partial charge in [-0.25, -0.2) is 0 Å². The van der Waals surface area contributed by atoms with Crippen molar-refractivity contribution in [2.75, 3.05) is 13.2 Å². The first-order valence-corrected chi connectivity index (χ1v) is 33.5. The lowest BCUT2D eigenvalue weighted by molar-refractivity contribution is -0.166. The molecule has 0 aliphatic rings. The molecule has 0 fully saturated rings. The van der Waals surface area contributed by atoms with E-state index in [-0.39, 0.29) is 37.5 Å². The van der Waals surface area contributed by atoms with E-state index >= 15 is 0 Å². The molecule has 0 radical (unpaired) electrons. The fourth-order valence-corrected chi connectivity index (χ4v) is 9.29. The Balaban J connectivity index is 4.40. The number of ether oxygens (including phenoxy) is 3. The third-order valence-corrected chi connectivity index (χ3v) is 14.2. The van der Waals surface area contributed by atoms with E-state index < -0.39 is 6.10 Å². The summed E-state index contributed by atoms with van der Waals surface area (Å²) in [4.78, 5) is 38.4. The van der Waals surface area contributed by atoms with Crippen molar-refractivity contribution in [3.63, 3.8) is 0 Å². The molecule has 0 aromatic rings. The first-order valence-electron chi connectivity index (χ1n) is 33.5. The quantitative estimate of drug-likeness (QED) is 0.0261. The van der Waals surface area contributed by atoms with Crippen LogP contribution in [0.3, 0.4) is 0 Å². The molecule has 1 unspecified atom stereocenters. The Hall–Kier alpha value is -4.19.